The van der Waals surface area contributed by atoms with Gasteiger partial charge in [0, 0.05) is 60.0 Å². The Morgan fingerprint density at radius 2 is 1.86 bits per heavy atom. The normalized spacial score (nSPS) is 16.1. The molecule has 1 fully saturated rings. The van der Waals surface area contributed by atoms with Crippen molar-refractivity contribution in [1.29, 1.82) is 0 Å². The molecule has 156 valence electrons. The second-order valence-corrected chi connectivity index (χ2v) is 6.89. The third-order valence-electron chi connectivity index (χ3n) is 4.79. The van der Waals surface area contributed by atoms with Crippen molar-refractivity contribution in [2.24, 2.45) is 4.99 Å². The van der Waals surface area contributed by atoms with Crippen LogP contribution in [0.2, 0.25) is 0 Å². The highest BCUT2D eigenvalue weighted by atomic mass is 16.5. The van der Waals surface area contributed by atoms with E-state index in [1.807, 2.05) is 13.1 Å². The third-order valence-corrected chi connectivity index (χ3v) is 4.79. The predicted molar refractivity (Wildman–Crippen MR) is 117 cm³/mol. The molecule has 1 aromatic carbocycles. The highest BCUT2D eigenvalue weighted by Gasteiger charge is 2.18. The van der Waals surface area contributed by atoms with Crippen LogP contribution in [0.25, 0.3) is 6.08 Å². The maximum atomic E-state index is 5.49. The monoisotopic (exact) mass is 388 g/mol. The van der Waals surface area contributed by atoms with Crippen LogP contribution < -0.4 is 5.32 Å². The van der Waals surface area contributed by atoms with Crippen molar-refractivity contribution in [3.8, 4) is 0 Å². The fourth-order valence-corrected chi connectivity index (χ4v) is 3.15. The summed E-state index contributed by atoms with van der Waals surface area (Å²) in [6.07, 6.45) is 6.59. The van der Waals surface area contributed by atoms with Crippen LogP contribution in [0.1, 0.15) is 18.4 Å². The van der Waals surface area contributed by atoms with E-state index in [-0.39, 0.29) is 0 Å². The Morgan fingerprint density at radius 1 is 1.07 bits per heavy atom. The average molecular weight is 389 g/mol. The van der Waals surface area contributed by atoms with Crippen LogP contribution in [-0.4, -0.2) is 89.0 Å². The molecule has 0 saturated carbocycles. The highest BCUT2D eigenvalue weighted by Crippen LogP contribution is 2.05. The number of hydrogen-bond acceptors (Lipinski definition) is 4. The number of nitrogens with zero attached hydrogens (tertiary/aromatic N) is 3. The molecule has 1 aromatic rings. The molecule has 6 heteroatoms. The van der Waals surface area contributed by atoms with E-state index in [4.69, 9.17) is 9.47 Å². The van der Waals surface area contributed by atoms with Crippen molar-refractivity contribution in [1.82, 2.24) is 15.1 Å². The second-order valence-electron chi connectivity index (χ2n) is 6.89. The van der Waals surface area contributed by atoms with Gasteiger partial charge in [-0.1, -0.05) is 42.5 Å². The molecule has 2 rings (SSSR count). The molecule has 1 saturated heterocycles. The van der Waals surface area contributed by atoms with Gasteiger partial charge in [0.25, 0.3) is 0 Å². The Morgan fingerprint density at radius 3 is 2.57 bits per heavy atom. The summed E-state index contributed by atoms with van der Waals surface area (Å²) in [5, 5.41) is 3.48. The topological polar surface area (TPSA) is 49.3 Å². The molecule has 0 unspecified atom stereocenters. The summed E-state index contributed by atoms with van der Waals surface area (Å²) in [6.45, 7) is 8.21. The molecule has 28 heavy (non-hydrogen) atoms. The van der Waals surface area contributed by atoms with Gasteiger partial charge in [0.05, 0.1) is 13.2 Å². The Labute approximate surface area is 170 Å². The van der Waals surface area contributed by atoms with Gasteiger partial charge in [0.1, 0.15) is 0 Å². The lowest BCUT2D eigenvalue weighted by Crippen LogP contribution is -2.52. The molecule has 1 aliphatic rings. The average Bonchev–Trinajstić information content (AvgIpc) is 2.74. The maximum Gasteiger partial charge on any atom is 0.193 e. The summed E-state index contributed by atoms with van der Waals surface area (Å²) >= 11 is 0. The minimum Gasteiger partial charge on any atom is -0.382 e. The van der Waals surface area contributed by atoms with Gasteiger partial charge >= 0.3 is 0 Å². The van der Waals surface area contributed by atoms with Crippen LogP contribution in [-0.2, 0) is 9.47 Å². The van der Waals surface area contributed by atoms with Crippen molar-refractivity contribution in [2.45, 2.75) is 12.8 Å². The summed E-state index contributed by atoms with van der Waals surface area (Å²) in [7, 11) is 3.56. The number of ether oxygens (including phenoxy) is 2. The molecule has 0 spiro atoms. The second kappa shape index (κ2) is 14.2. The number of piperazine rings is 1. The summed E-state index contributed by atoms with van der Waals surface area (Å²) in [5.41, 5.74) is 1.26. The van der Waals surface area contributed by atoms with Gasteiger partial charge in [-0.2, -0.15) is 0 Å². The first kappa shape index (κ1) is 22.4. The molecule has 1 aliphatic heterocycles. The molecule has 0 bridgehead atoms. The number of aliphatic imine (C=N–C) groups is 1. The van der Waals surface area contributed by atoms with Crippen molar-refractivity contribution < 1.29 is 9.47 Å². The van der Waals surface area contributed by atoms with E-state index in [1.54, 1.807) is 7.11 Å². The van der Waals surface area contributed by atoms with Gasteiger partial charge in [-0.05, 0) is 18.4 Å². The van der Waals surface area contributed by atoms with Crippen LogP contribution in [0.4, 0.5) is 0 Å². The Balaban J connectivity index is 1.58. The molecule has 0 amide bonds. The largest absolute Gasteiger partial charge is 0.382 e. The maximum absolute atomic E-state index is 5.49. The predicted octanol–water partition coefficient (Wildman–Crippen LogP) is 2.34. The first-order valence-corrected chi connectivity index (χ1v) is 10.3. The number of guanidine groups is 1. The first-order valence-electron chi connectivity index (χ1n) is 10.3. The highest BCUT2D eigenvalue weighted by molar-refractivity contribution is 5.79. The zero-order chi connectivity index (χ0) is 19.9. The van der Waals surface area contributed by atoms with Gasteiger partial charge < -0.3 is 19.7 Å². The summed E-state index contributed by atoms with van der Waals surface area (Å²) in [6, 6.07) is 10.5. The molecular weight excluding hydrogens is 352 g/mol. The van der Waals surface area contributed by atoms with Crippen LogP contribution in [0, 0.1) is 0 Å². The van der Waals surface area contributed by atoms with Gasteiger partial charge in [0.15, 0.2) is 5.96 Å². The zero-order valence-electron chi connectivity index (χ0n) is 17.5. The van der Waals surface area contributed by atoms with Crippen LogP contribution in [0.15, 0.2) is 41.4 Å². The minimum absolute atomic E-state index is 0.666. The first-order chi connectivity index (χ1) is 13.8. The molecule has 1 N–H and O–H groups in total. The molecule has 0 radical (unpaired) electrons. The number of hydrogen-bond donors (Lipinski definition) is 1. The smallest absolute Gasteiger partial charge is 0.193 e. The van der Waals surface area contributed by atoms with E-state index in [0.29, 0.717) is 13.2 Å². The van der Waals surface area contributed by atoms with E-state index in [0.717, 1.165) is 64.7 Å². The quantitative estimate of drug-likeness (QED) is 0.358. The van der Waals surface area contributed by atoms with Crippen molar-refractivity contribution in [2.75, 3.05) is 73.2 Å². The molecule has 0 aliphatic carbocycles. The minimum atomic E-state index is 0.666. The molecule has 0 aromatic heterocycles. The number of benzene rings is 1. The number of methoxy groups -OCH3 is 1. The lowest BCUT2D eigenvalue weighted by Gasteiger charge is -2.36. The van der Waals surface area contributed by atoms with Gasteiger partial charge in [-0.15, -0.1) is 0 Å². The zero-order valence-corrected chi connectivity index (χ0v) is 17.5. The van der Waals surface area contributed by atoms with E-state index in [2.05, 4.69) is 56.5 Å². The summed E-state index contributed by atoms with van der Waals surface area (Å²) < 4.78 is 10.5. The summed E-state index contributed by atoms with van der Waals surface area (Å²) in [4.78, 5) is 9.29. The van der Waals surface area contributed by atoms with E-state index < -0.39 is 0 Å². The van der Waals surface area contributed by atoms with Gasteiger partial charge in [0.2, 0.25) is 0 Å². The molecular formula is C22H36N4O2. The van der Waals surface area contributed by atoms with Gasteiger partial charge in [-0.3, -0.25) is 9.89 Å². The Kier molecular flexibility index (Phi) is 11.3. The van der Waals surface area contributed by atoms with Crippen LogP contribution >= 0.6 is 0 Å². The SMILES string of the molecule is CN=C(NCCCCOCCOC)N1CCN(C/C=C/c2ccccc2)CC1. The lowest BCUT2D eigenvalue weighted by molar-refractivity contribution is 0.0689. The Bertz CT molecular complexity index is 569. The van der Waals surface area contributed by atoms with Gasteiger partial charge in [-0.25, -0.2) is 0 Å². The lowest BCUT2D eigenvalue weighted by atomic mass is 10.2. The fourth-order valence-electron chi connectivity index (χ4n) is 3.15. The van der Waals surface area contributed by atoms with Crippen LogP contribution in [0.3, 0.4) is 0 Å². The molecule has 6 nitrogen and oxygen atoms in total. The standard InChI is InChI=1S/C22H36N4O2/c1-23-22(24-12-6-7-18-28-20-19-27-2)26-16-14-25(15-17-26)13-8-11-21-9-4-3-5-10-21/h3-5,8-11H,6-7,12-20H2,1-2H3,(H,23,24)/b11-8+. The number of rotatable bonds is 11. The van der Waals surface area contributed by atoms with E-state index in [1.165, 1.54) is 5.56 Å². The summed E-state index contributed by atoms with van der Waals surface area (Å²) in [5.74, 6) is 1.01. The van der Waals surface area contributed by atoms with Crippen molar-refractivity contribution >= 4 is 12.0 Å². The van der Waals surface area contributed by atoms with E-state index in [9.17, 15) is 0 Å². The van der Waals surface area contributed by atoms with Crippen molar-refractivity contribution in [3.05, 3.63) is 42.0 Å². The molecule has 0 atom stereocenters. The number of unbranched alkanes of at least 4 members (excludes halogenated alkanes) is 1. The van der Waals surface area contributed by atoms with Crippen molar-refractivity contribution in [3.63, 3.8) is 0 Å². The number of nitrogens with one attached hydrogen (secondary N) is 1. The fraction of sp³-hybridized carbons (Fsp3) is 0.591. The molecule has 1 heterocycles. The Hall–Kier alpha value is -1.89. The third kappa shape index (κ3) is 8.87. The van der Waals surface area contributed by atoms with Crippen LogP contribution in [0.5, 0.6) is 0 Å². The van der Waals surface area contributed by atoms with E-state index >= 15 is 0 Å².